The van der Waals surface area contributed by atoms with Crippen LogP contribution in [0, 0.1) is 0 Å². The highest BCUT2D eigenvalue weighted by Gasteiger charge is 2.18. The number of nitrogens with zero attached hydrogens (tertiary/aromatic N) is 3. The van der Waals surface area contributed by atoms with Gasteiger partial charge in [0.1, 0.15) is 0 Å². The predicted molar refractivity (Wildman–Crippen MR) is 47.5 cm³/mol. The average Bonchev–Trinajstić information content (AvgIpc) is 2.72. The maximum absolute atomic E-state index is 11.5. The fourth-order valence-corrected chi connectivity index (χ4v) is 1.48. The Labute approximate surface area is 80.6 Å². The first kappa shape index (κ1) is 9.07. The molecule has 7 nitrogen and oxygen atoms in total. The number of carbonyl (C=O) groups excluding carboxylic acids is 1. The van der Waals surface area contributed by atoms with Crippen LogP contribution in [-0.4, -0.2) is 45.7 Å². The van der Waals surface area contributed by atoms with Crippen LogP contribution in [0.4, 0.5) is 0 Å². The van der Waals surface area contributed by atoms with Crippen molar-refractivity contribution >= 4 is 5.91 Å². The summed E-state index contributed by atoms with van der Waals surface area (Å²) in [4.78, 5) is 11.5. The lowest BCUT2D eigenvalue weighted by molar-refractivity contribution is 0.0920. The molecular formula is C7H12N6O. The van der Waals surface area contributed by atoms with Crippen molar-refractivity contribution in [2.24, 2.45) is 0 Å². The molecule has 7 heteroatoms. The van der Waals surface area contributed by atoms with Gasteiger partial charge < -0.3 is 10.6 Å². The van der Waals surface area contributed by atoms with Crippen molar-refractivity contribution in [2.75, 3.05) is 13.1 Å². The number of H-pyrrole nitrogens is 1. The molecule has 76 valence electrons. The van der Waals surface area contributed by atoms with Gasteiger partial charge in [-0.05, 0) is 24.6 Å². The second-order valence-electron chi connectivity index (χ2n) is 3.25. The van der Waals surface area contributed by atoms with Crippen LogP contribution in [-0.2, 0) is 0 Å². The van der Waals surface area contributed by atoms with E-state index in [1.165, 1.54) is 0 Å². The largest absolute Gasteiger partial charge is 0.345 e. The molecule has 2 heterocycles. The Morgan fingerprint density at radius 3 is 3.14 bits per heavy atom. The minimum atomic E-state index is -0.271. The summed E-state index contributed by atoms with van der Waals surface area (Å²) in [5.41, 5.74) is 0. The molecule has 1 atom stereocenters. The molecule has 1 fully saturated rings. The molecule has 0 saturated carbocycles. The van der Waals surface area contributed by atoms with Gasteiger partial charge in [-0.15, -0.1) is 10.2 Å². The minimum Gasteiger partial charge on any atom is -0.345 e. The number of tetrazole rings is 1. The fourth-order valence-electron chi connectivity index (χ4n) is 1.48. The van der Waals surface area contributed by atoms with E-state index >= 15 is 0 Å². The van der Waals surface area contributed by atoms with E-state index in [-0.39, 0.29) is 17.8 Å². The Bertz CT molecular complexity index is 291. The van der Waals surface area contributed by atoms with Crippen molar-refractivity contribution in [3.05, 3.63) is 5.82 Å². The lowest BCUT2D eigenvalue weighted by atomic mass is 10.1. The zero-order chi connectivity index (χ0) is 9.80. The van der Waals surface area contributed by atoms with Gasteiger partial charge in [0.2, 0.25) is 0 Å². The van der Waals surface area contributed by atoms with Gasteiger partial charge in [0, 0.05) is 12.6 Å². The van der Waals surface area contributed by atoms with E-state index in [2.05, 4.69) is 31.3 Å². The third kappa shape index (κ3) is 2.05. The summed E-state index contributed by atoms with van der Waals surface area (Å²) in [6.07, 6.45) is 2.08. The molecular weight excluding hydrogens is 184 g/mol. The predicted octanol–water partition coefficient (Wildman–Crippen LogP) is -1.32. The van der Waals surface area contributed by atoms with E-state index in [0.29, 0.717) is 0 Å². The second-order valence-corrected chi connectivity index (χ2v) is 3.25. The standard InChI is InChI=1S/C7H12N6O/c14-7(6-10-12-13-11-6)9-5-2-1-3-8-4-5/h5,8H,1-4H2,(H,9,14)(H,10,11,12,13)/t5-/m1/s1. The molecule has 14 heavy (non-hydrogen) atoms. The Hall–Kier alpha value is -1.50. The number of carbonyl (C=O) groups is 1. The average molecular weight is 196 g/mol. The number of nitrogens with one attached hydrogen (secondary N) is 3. The Balaban J connectivity index is 1.87. The van der Waals surface area contributed by atoms with Gasteiger partial charge in [-0.1, -0.05) is 0 Å². The summed E-state index contributed by atoms with van der Waals surface area (Å²) in [6.45, 7) is 1.83. The molecule has 2 rings (SSSR count). The van der Waals surface area contributed by atoms with Crippen LogP contribution in [0.1, 0.15) is 23.5 Å². The van der Waals surface area contributed by atoms with E-state index in [1.807, 2.05) is 0 Å². The first-order valence-electron chi connectivity index (χ1n) is 4.61. The number of amides is 1. The number of piperidine rings is 1. The number of aromatic nitrogens is 4. The molecule has 0 spiro atoms. The van der Waals surface area contributed by atoms with Crippen molar-refractivity contribution in [3.63, 3.8) is 0 Å². The Morgan fingerprint density at radius 2 is 2.50 bits per heavy atom. The van der Waals surface area contributed by atoms with Gasteiger partial charge in [-0.3, -0.25) is 4.79 Å². The van der Waals surface area contributed by atoms with Crippen molar-refractivity contribution < 1.29 is 4.79 Å². The summed E-state index contributed by atoms with van der Waals surface area (Å²) in [5.74, 6) is -0.178. The van der Waals surface area contributed by atoms with E-state index in [9.17, 15) is 4.79 Å². The molecule has 0 bridgehead atoms. The summed E-state index contributed by atoms with van der Waals surface area (Å²) in [6, 6.07) is 0.176. The number of hydrogen-bond acceptors (Lipinski definition) is 5. The van der Waals surface area contributed by atoms with E-state index < -0.39 is 0 Å². The van der Waals surface area contributed by atoms with Gasteiger partial charge in [-0.25, -0.2) is 0 Å². The summed E-state index contributed by atoms with van der Waals surface area (Å²) >= 11 is 0. The molecule has 0 unspecified atom stereocenters. The molecule has 3 N–H and O–H groups in total. The lowest BCUT2D eigenvalue weighted by Gasteiger charge is -2.22. The normalized spacial score (nSPS) is 21.9. The second kappa shape index (κ2) is 4.14. The summed E-state index contributed by atoms with van der Waals surface area (Å²) < 4.78 is 0. The first-order valence-corrected chi connectivity index (χ1v) is 4.61. The third-order valence-corrected chi connectivity index (χ3v) is 2.18. The third-order valence-electron chi connectivity index (χ3n) is 2.18. The maximum atomic E-state index is 11.5. The summed E-state index contributed by atoms with van der Waals surface area (Å²) in [7, 11) is 0. The Morgan fingerprint density at radius 1 is 1.57 bits per heavy atom. The lowest BCUT2D eigenvalue weighted by Crippen LogP contribution is -2.45. The zero-order valence-corrected chi connectivity index (χ0v) is 7.66. The smallest absolute Gasteiger partial charge is 0.293 e. The highest BCUT2D eigenvalue weighted by molar-refractivity contribution is 5.90. The van der Waals surface area contributed by atoms with Crippen LogP contribution >= 0.6 is 0 Å². The van der Waals surface area contributed by atoms with E-state index in [0.717, 1.165) is 25.9 Å². The molecule has 1 aromatic heterocycles. The van der Waals surface area contributed by atoms with Crippen molar-refractivity contribution in [1.29, 1.82) is 0 Å². The van der Waals surface area contributed by atoms with Crippen LogP contribution in [0.25, 0.3) is 0 Å². The molecule has 0 aromatic carbocycles. The van der Waals surface area contributed by atoms with Gasteiger partial charge in [0.25, 0.3) is 11.7 Å². The van der Waals surface area contributed by atoms with E-state index in [1.54, 1.807) is 0 Å². The molecule has 1 aromatic rings. The molecule has 1 amide bonds. The van der Waals surface area contributed by atoms with E-state index in [4.69, 9.17) is 0 Å². The van der Waals surface area contributed by atoms with Crippen molar-refractivity contribution in [1.82, 2.24) is 31.3 Å². The minimum absolute atomic E-state index is 0.0931. The summed E-state index contributed by atoms with van der Waals surface area (Å²) in [5, 5.41) is 18.8. The molecule has 1 aliphatic heterocycles. The van der Waals surface area contributed by atoms with Gasteiger partial charge in [0.05, 0.1) is 0 Å². The molecule has 1 saturated heterocycles. The van der Waals surface area contributed by atoms with Crippen molar-refractivity contribution in [2.45, 2.75) is 18.9 Å². The Kier molecular flexibility index (Phi) is 2.68. The highest BCUT2D eigenvalue weighted by atomic mass is 16.2. The maximum Gasteiger partial charge on any atom is 0.293 e. The highest BCUT2D eigenvalue weighted by Crippen LogP contribution is 2.01. The van der Waals surface area contributed by atoms with Crippen LogP contribution < -0.4 is 10.6 Å². The van der Waals surface area contributed by atoms with Gasteiger partial charge >= 0.3 is 0 Å². The van der Waals surface area contributed by atoms with Gasteiger partial charge in [-0.2, -0.15) is 5.21 Å². The van der Waals surface area contributed by atoms with Crippen LogP contribution in [0.3, 0.4) is 0 Å². The quantitative estimate of drug-likeness (QED) is 0.545. The number of rotatable bonds is 2. The number of aromatic amines is 1. The monoisotopic (exact) mass is 196 g/mol. The molecule has 1 aliphatic rings. The zero-order valence-electron chi connectivity index (χ0n) is 7.66. The SMILES string of the molecule is O=C(N[C@@H]1CCCNC1)c1nn[nH]n1. The van der Waals surface area contributed by atoms with Crippen LogP contribution in [0.5, 0.6) is 0 Å². The topological polar surface area (TPSA) is 95.6 Å². The molecule has 0 aliphatic carbocycles. The van der Waals surface area contributed by atoms with Gasteiger partial charge in [0.15, 0.2) is 0 Å². The van der Waals surface area contributed by atoms with Crippen molar-refractivity contribution in [3.8, 4) is 0 Å². The van der Waals surface area contributed by atoms with Crippen LogP contribution in [0.2, 0.25) is 0 Å². The number of hydrogen-bond donors (Lipinski definition) is 3. The molecule has 0 radical (unpaired) electrons. The fraction of sp³-hybridized carbons (Fsp3) is 0.714. The first-order chi connectivity index (χ1) is 6.86. The van der Waals surface area contributed by atoms with Crippen LogP contribution in [0.15, 0.2) is 0 Å².